The highest BCUT2D eigenvalue weighted by molar-refractivity contribution is 5.82. The van der Waals surface area contributed by atoms with Crippen LogP contribution in [0.2, 0.25) is 0 Å². The van der Waals surface area contributed by atoms with E-state index in [1.54, 1.807) is 0 Å². The SMILES string of the molecule is CC[C@H](C)[C@H](N)C(=O)N1CCCC(C)(C)CC1. The molecule has 0 aromatic carbocycles. The number of likely N-dealkylation sites (tertiary alicyclic amines) is 1. The summed E-state index contributed by atoms with van der Waals surface area (Å²) in [5, 5.41) is 0. The summed E-state index contributed by atoms with van der Waals surface area (Å²) in [6, 6.07) is -0.318. The minimum absolute atomic E-state index is 0.150. The molecule has 1 saturated heterocycles. The van der Waals surface area contributed by atoms with Crippen LogP contribution in [0.4, 0.5) is 0 Å². The number of hydrogen-bond donors (Lipinski definition) is 1. The van der Waals surface area contributed by atoms with Crippen LogP contribution in [0, 0.1) is 11.3 Å². The molecule has 0 radical (unpaired) electrons. The molecular formula is C14H28N2O. The van der Waals surface area contributed by atoms with Gasteiger partial charge in [0, 0.05) is 13.1 Å². The second kappa shape index (κ2) is 5.85. The van der Waals surface area contributed by atoms with Gasteiger partial charge in [0.25, 0.3) is 0 Å². The monoisotopic (exact) mass is 240 g/mol. The van der Waals surface area contributed by atoms with Crippen molar-refractivity contribution in [2.75, 3.05) is 13.1 Å². The lowest BCUT2D eigenvalue weighted by atomic mass is 9.85. The number of carbonyl (C=O) groups is 1. The first-order valence-electron chi connectivity index (χ1n) is 6.92. The van der Waals surface area contributed by atoms with Crippen LogP contribution in [0.1, 0.15) is 53.4 Å². The second-order valence-electron chi connectivity index (χ2n) is 6.25. The van der Waals surface area contributed by atoms with Gasteiger partial charge < -0.3 is 10.6 Å². The third-order valence-electron chi connectivity index (χ3n) is 4.19. The fourth-order valence-electron chi connectivity index (χ4n) is 2.35. The molecule has 0 saturated carbocycles. The largest absolute Gasteiger partial charge is 0.341 e. The maximum atomic E-state index is 12.3. The highest BCUT2D eigenvalue weighted by Crippen LogP contribution is 2.30. The van der Waals surface area contributed by atoms with E-state index in [1.807, 2.05) is 4.90 Å². The molecule has 2 atom stereocenters. The van der Waals surface area contributed by atoms with Crippen molar-refractivity contribution in [1.29, 1.82) is 0 Å². The predicted molar refractivity (Wildman–Crippen MR) is 71.6 cm³/mol. The molecule has 0 spiro atoms. The lowest BCUT2D eigenvalue weighted by Crippen LogP contribution is -2.47. The van der Waals surface area contributed by atoms with Gasteiger partial charge in [-0.2, -0.15) is 0 Å². The molecule has 1 heterocycles. The Kier molecular flexibility index (Phi) is 4.99. The number of hydrogen-bond acceptors (Lipinski definition) is 2. The molecule has 0 bridgehead atoms. The van der Waals surface area contributed by atoms with Gasteiger partial charge in [-0.25, -0.2) is 0 Å². The van der Waals surface area contributed by atoms with Crippen LogP contribution in [-0.4, -0.2) is 29.9 Å². The Labute approximate surface area is 106 Å². The number of rotatable bonds is 3. The highest BCUT2D eigenvalue weighted by atomic mass is 16.2. The van der Waals surface area contributed by atoms with Crippen LogP contribution >= 0.6 is 0 Å². The zero-order chi connectivity index (χ0) is 13.1. The molecule has 1 aliphatic heterocycles. The van der Waals surface area contributed by atoms with Gasteiger partial charge in [-0.15, -0.1) is 0 Å². The molecule has 17 heavy (non-hydrogen) atoms. The van der Waals surface area contributed by atoms with Gasteiger partial charge >= 0.3 is 0 Å². The van der Waals surface area contributed by atoms with E-state index in [-0.39, 0.29) is 17.9 Å². The fourth-order valence-corrected chi connectivity index (χ4v) is 2.35. The summed E-state index contributed by atoms with van der Waals surface area (Å²) < 4.78 is 0. The van der Waals surface area contributed by atoms with Crippen molar-refractivity contribution in [2.45, 2.75) is 59.4 Å². The zero-order valence-corrected chi connectivity index (χ0v) is 11.8. The van der Waals surface area contributed by atoms with E-state index in [0.717, 1.165) is 32.4 Å². The third-order valence-corrected chi connectivity index (χ3v) is 4.19. The molecule has 2 N–H and O–H groups in total. The van der Waals surface area contributed by atoms with Crippen LogP contribution in [0.5, 0.6) is 0 Å². The normalized spacial score (nSPS) is 23.9. The van der Waals surface area contributed by atoms with E-state index < -0.39 is 0 Å². The zero-order valence-electron chi connectivity index (χ0n) is 11.8. The Balaban J connectivity index is 2.58. The Bertz CT molecular complexity index is 263. The lowest BCUT2D eigenvalue weighted by Gasteiger charge is -2.27. The summed E-state index contributed by atoms with van der Waals surface area (Å²) in [6.07, 6.45) is 4.36. The maximum Gasteiger partial charge on any atom is 0.239 e. The average molecular weight is 240 g/mol. The smallest absolute Gasteiger partial charge is 0.239 e. The average Bonchev–Trinajstić information content (AvgIpc) is 2.47. The minimum Gasteiger partial charge on any atom is -0.341 e. The summed E-state index contributed by atoms with van der Waals surface area (Å²) in [7, 11) is 0. The van der Waals surface area contributed by atoms with Crippen molar-refractivity contribution in [3.8, 4) is 0 Å². The summed E-state index contributed by atoms with van der Waals surface area (Å²) in [5.41, 5.74) is 6.40. The van der Waals surface area contributed by atoms with E-state index in [4.69, 9.17) is 5.73 Å². The lowest BCUT2D eigenvalue weighted by molar-refractivity contribution is -0.133. The summed E-state index contributed by atoms with van der Waals surface area (Å²) in [4.78, 5) is 14.2. The predicted octanol–water partition coefficient (Wildman–Crippen LogP) is 2.40. The Morgan fingerprint density at radius 2 is 2.00 bits per heavy atom. The first-order chi connectivity index (χ1) is 7.87. The van der Waals surface area contributed by atoms with Gasteiger partial charge in [0.1, 0.15) is 0 Å². The number of amides is 1. The van der Waals surface area contributed by atoms with Crippen molar-refractivity contribution >= 4 is 5.91 Å². The minimum atomic E-state index is -0.318. The molecule has 1 amide bonds. The standard InChI is InChI=1S/C14H28N2O/c1-5-11(2)12(15)13(17)16-9-6-7-14(3,4)8-10-16/h11-12H,5-10,15H2,1-4H3/t11-,12-/m0/s1. The summed E-state index contributed by atoms with van der Waals surface area (Å²) >= 11 is 0. The van der Waals surface area contributed by atoms with Crippen LogP contribution in [-0.2, 0) is 4.79 Å². The van der Waals surface area contributed by atoms with E-state index in [0.29, 0.717) is 5.41 Å². The quantitative estimate of drug-likeness (QED) is 0.823. The van der Waals surface area contributed by atoms with E-state index in [1.165, 1.54) is 6.42 Å². The molecular weight excluding hydrogens is 212 g/mol. The van der Waals surface area contributed by atoms with Crippen LogP contribution in [0.15, 0.2) is 0 Å². The molecule has 1 aliphatic rings. The molecule has 1 rings (SSSR count). The Morgan fingerprint density at radius 1 is 1.35 bits per heavy atom. The highest BCUT2D eigenvalue weighted by Gasteiger charge is 2.29. The maximum absolute atomic E-state index is 12.3. The van der Waals surface area contributed by atoms with Crippen molar-refractivity contribution in [3.05, 3.63) is 0 Å². The van der Waals surface area contributed by atoms with Gasteiger partial charge in [0.05, 0.1) is 6.04 Å². The van der Waals surface area contributed by atoms with Gasteiger partial charge in [-0.3, -0.25) is 4.79 Å². The molecule has 0 aliphatic carbocycles. The molecule has 3 heteroatoms. The second-order valence-corrected chi connectivity index (χ2v) is 6.25. The van der Waals surface area contributed by atoms with Crippen molar-refractivity contribution < 1.29 is 4.79 Å². The molecule has 0 aromatic heterocycles. The number of carbonyl (C=O) groups excluding carboxylic acids is 1. The van der Waals surface area contributed by atoms with Crippen molar-refractivity contribution in [1.82, 2.24) is 4.90 Å². The van der Waals surface area contributed by atoms with Gasteiger partial charge in [-0.1, -0.05) is 34.1 Å². The van der Waals surface area contributed by atoms with Gasteiger partial charge in [0.2, 0.25) is 5.91 Å². The van der Waals surface area contributed by atoms with Crippen LogP contribution in [0.25, 0.3) is 0 Å². The Morgan fingerprint density at radius 3 is 2.59 bits per heavy atom. The van der Waals surface area contributed by atoms with Crippen LogP contribution in [0.3, 0.4) is 0 Å². The molecule has 1 fully saturated rings. The number of nitrogens with two attached hydrogens (primary N) is 1. The number of nitrogens with zero attached hydrogens (tertiary/aromatic N) is 1. The first-order valence-corrected chi connectivity index (χ1v) is 6.92. The van der Waals surface area contributed by atoms with Crippen LogP contribution < -0.4 is 5.73 Å². The summed E-state index contributed by atoms with van der Waals surface area (Å²) in [6.45, 7) is 10.5. The van der Waals surface area contributed by atoms with Gasteiger partial charge in [-0.05, 0) is 30.6 Å². The topological polar surface area (TPSA) is 46.3 Å². The summed E-state index contributed by atoms with van der Waals surface area (Å²) in [5.74, 6) is 0.427. The van der Waals surface area contributed by atoms with E-state index in [2.05, 4.69) is 27.7 Å². The van der Waals surface area contributed by atoms with Gasteiger partial charge in [0.15, 0.2) is 0 Å². The van der Waals surface area contributed by atoms with Crippen molar-refractivity contribution in [3.63, 3.8) is 0 Å². The van der Waals surface area contributed by atoms with E-state index >= 15 is 0 Å². The van der Waals surface area contributed by atoms with E-state index in [9.17, 15) is 4.79 Å². The molecule has 100 valence electrons. The Hall–Kier alpha value is -0.570. The fraction of sp³-hybridized carbons (Fsp3) is 0.929. The first kappa shape index (κ1) is 14.5. The molecule has 0 unspecified atom stereocenters. The molecule has 0 aromatic rings. The molecule has 3 nitrogen and oxygen atoms in total. The van der Waals surface area contributed by atoms with Crippen molar-refractivity contribution in [2.24, 2.45) is 17.1 Å². The third kappa shape index (κ3) is 3.98.